The summed E-state index contributed by atoms with van der Waals surface area (Å²) >= 11 is 0. The molecule has 0 radical (unpaired) electrons. The number of carbonyl (C=O) groups is 1. The van der Waals surface area contributed by atoms with Gasteiger partial charge >= 0.3 is 0 Å². The van der Waals surface area contributed by atoms with Gasteiger partial charge in [0.1, 0.15) is 0 Å². The summed E-state index contributed by atoms with van der Waals surface area (Å²) in [5.74, 6) is -0.0989. The molecule has 1 aromatic heterocycles. The second-order valence-corrected chi connectivity index (χ2v) is 5.78. The van der Waals surface area contributed by atoms with E-state index in [0.29, 0.717) is 0 Å². The molecule has 0 saturated carbocycles. The quantitative estimate of drug-likeness (QED) is 0.923. The van der Waals surface area contributed by atoms with Crippen molar-refractivity contribution in [2.75, 3.05) is 7.05 Å². The first-order valence-corrected chi connectivity index (χ1v) is 7.35. The Morgan fingerprint density at radius 2 is 1.82 bits per heavy atom. The summed E-state index contributed by atoms with van der Waals surface area (Å²) in [7, 11) is 1.76. The summed E-state index contributed by atoms with van der Waals surface area (Å²) in [6.07, 6.45) is 3.47. The van der Waals surface area contributed by atoms with E-state index in [-0.39, 0.29) is 18.4 Å². The lowest BCUT2D eigenvalue weighted by atomic mass is 9.92. The molecule has 2 atom stereocenters. The number of rotatable bonds is 5. The SMILES string of the molecule is CC(c1ccncc1)N(C)C(=O)CC(C)(O)c1ccccc1. The zero-order valence-electron chi connectivity index (χ0n) is 13.2. The van der Waals surface area contributed by atoms with E-state index in [2.05, 4.69) is 4.98 Å². The van der Waals surface area contributed by atoms with Crippen LogP contribution >= 0.6 is 0 Å². The number of aromatic nitrogens is 1. The van der Waals surface area contributed by atoms with E-state index in [1.165, 1.54) is 0 Å². The minimum Gasteiger partial charge on any atom is -0.385 e. The molecule has 0 aliphatic rings. The fraction of sp³-hybridized carbons (Fsp3) is 0.333. The number of hydrogen-bond donors (Lipinski definition) is 1. The fourth-order valence-electron chi connectivity index (χ4n) is 2.40. The zero-order chi connectivity index (χ0) is 16.2. The highest BCUT2D eigenvalue weighted by molar-refractivity contribution is 5.77. The fourth-order valence-corrected chi connectivity index (χ4v) is 2.40. The van der Waals surface area contributed by atoms with Gasteiger partial charge in [-0.15, -0.1) is 0 Å². The number of hydrogen-bond acceptors (Lipinski definition) is 3. The van der Waals surface area contributed by atoms with E-state index in [1.54, 1.807) is 31.3 Å². The zero-order valence-corrected chi connectivity index (χ0v) is 13.2. The first-order chi connectivity index (χ1) is 10.4. The maximum Gasteiger partial charge on any atom is 0.226 e. The van der Waals surface area contributed by atoms with Gasteiger partial charge in [0.25, 0.3) is 0 Å². The largest absolute Gasteiger partial charge is 0.385 e. The number of nitrogens with zero attached hydrogens (tertiary/aromatic N) is 2. The van der Waals surface area contributed by atoms with Crippen molar-refractivity contribution in [2.45, 2.75) is 31.9 Å². The van der Waals surface area contributed by atoms with Gasteiger partial charge in [-0.2, -0.15) is 0 Å². The second kappa shape index (κ2) is 6.71. The van der Waals surface area contributed by atoms with E-state index < -0.39 is 5.60 Å². The van der Waals surface area contributed by atoms with Crippen LogP contribution in [0.25, 0.3) is 0 Å². The molecule has 0 fully saturated rings. The molecule has 0 aliphatic carbocycles. The van der Waals surface area contributed by atoms with Crippen molar-refractivity contribution in [3.05, 3.63) is 66.0 Å². The van der Waals surface area contributed by atoms with Crippen LogP contribution in [0.5, 0.6) is 0 Å². The van der Waals surface area contributed by atoms with Crippen LogP contribution in [-0.2, 0) is 10.4 Å². The Hall–Kier alpha value is -2.20. The molecule has 1 N–H and O–H groups in total. The van der Waals surface area contributed by atoms with E-state index in [4.69, 9.17) is 0 Å². The van der Waals surface area contributed by atoms with Crippen LogP contribution in [0.2, 0.25) is 0 Å². The van der Waals surface area contributed by atoms with Crippen LogP contribution in [0.3, 0.4) is 0 Å². The number of carbonyl (C=O) groups excluding carboxylic acids is 1. The third-order valence-electron chi connectivity index (χ3n) is 4.05. The average molecular weight is 298 g/mol. The maximum atomic E-state index is 12.5. The van der Waals surface area contributed by atoms with Crippen molar-refractivity contribution in [2.24, 2.45) is 0 Å². The van der Waals surface area contributed by atoms with Gasteiger partial charge in [-0.25, -0.2) is 0 Å². The van der Waals surface area contributed by atoms with Gasteiger partial charge in [-0.3, -0.25) is 9.78 Å². The standard InChI is InChI=1S/C18H22N2O2/c1-14(15-9-11-19-12-10-15)20(3)17(21)13-18(2,22)16-7-5-4-6-8-16/h4-12,14,22H,13H2,1-3H3. The molecule has 0 aliphatic heterocycles. The highest BCUT2D eigenvalue weighted by atomic mass is 16.3. The Morgan fingerprint density at radius 1 is 1.23 bits per heavy atom. The van der Waals surface area contributed by atoms with Gasteiger partial charge in [-0.1, -0.05) is 30.3 Å². The molecule has 0 saturated heterocycles. The topological polar surface area (TPSA) is 53.4 Å². The van der Waals surface area contributed by atoms with Gasteiger partial charge in [0.05, 0.1) is 18.1 Å². The molecule has 22 heavy (non-hydrogen) atoms. The van der Waals surface area contributed by atoms with Crippen molar-refractivity contribution in [1.29, 1.82) is 0 Å². The van der Waals surface area contributed by atoms with Crippen molar-refractivity contribution in [1.82, 2.24) is 9.88 Å². The van der Waals surface area contributed by atoms with Crippen LogP contribution in [0.4, 0.5) is 0 Å². The van der Waals surface area contributed by atoms with Crippen LogP contribution in [0, 0.1) is 0 Å². The lowest BCUT2D eigenvalue weighted by Gasteiger charge is -2.30. The van der Waals surface area contributed by atoms with E-state index in [9.17, 15) is 9.90 Å². The van der Waals surface area contributed by atoms with E-state index in [0.717, 1.165) is 11.1 Å². The number of benzene rings is 1. The molecule has 0 spiro atoms. The highest BCUT2D eigenvalue weighted by Crippen LogP contribution is 2.27. The monoisotopic (exact) mass is 298 g/mol. The van der Waals surface area contributed by atoms with Crippen molar-refractivity contribution in [3.63, 3.8) is 0 Å². The molecule has 0 bridgehead atoms. The summed E-state index contributed by atoms with van der Waals surface area (Å²) in [6, 6.07) is 13.0. The highest BCUT2D eigenvalue weighted by Gasteiger charge is 2.29. The second-order valence-electron chi connectivity index (χ2n) is 5.78. The number of pyridine rings is 1. The van der Waals surface area contributed by atoms with Crippen LogP contribution < -0.4 is 0 Å². The summed E-state index contributed by atoms with van der Waals surface area (Å²) < 4.78 is 0. The number of amides is 1. The van der Waals surface area contributed by atoms with Gasteiger partial charge in [0.15, 0.2) is 0 Å². The van der Waals surface area contributed by atoms with E-state index in [1.807, 2.05) is 49.4 Å². The Bertz CT molecular complexity index is 611. The summed E-state index contributed by atoms with van der Waals surface area (Å²) in [5.41, 5.74) is 0.586. The number of aliphatic hydroxyl groups is 1. The van der Waals surface area contributed by atoms with Gasteiger partial charge in [0.2, 0.25) is 5.91 Å². The Labute approximate surface area is 131 Å². The smallest absolute Gasteiger partial charge is 0.226 e. The Balaban J connectivity index is 2.08. The predicted molar refractivity (Wildman–Crippen MR) is 86.1 cm³/mol. The van der Waals surface area contributed by atoms with Gasteiger partial charge in [0, 0.05) is 19.4 Å². The summed E-state index contributed by atoms with van der Waals surface area (Å²) in [4.78, 5) is 18.1. The molecule has 116 valence electrons. The molecule has 1 heterocycles. The maximum absolute atomic E-state index is 12.5. The molecular formula is C18H22N2O2. The Morgan fingerprint density at radius 3 is 2.41 bits per heavy atom. The van der Waals surface area contributed by atoms with Crippen LogP contribution in [0.1, 0.15) is 37.4 Å². The average Bonchev–Trinajstić information content (AvgIpc) is 2.54. The minimum atomic E-state index is -1.18. The lowest BCUT2D eigenvalue weighted by molar-refractivity contribution is -0.136. The third-order valence-corrected chi connectivity index (χ3v) is 4.05. The molecule has 2 aromatic rings. The summed E-state index contributed by atoms with van der Waals surface area (Å²) in [6.45, 7) is 3.63. The molecule has 2 rings (SSSR count). The predicted octanol–water partition coefficient (Wildman–Crippen LogP) is 2.90. The first kappa shape index (κ1) is 16.2. The molecule has 2 unspecified atom stereocenters. The molecule has 4 heteroatoms. The molecule has 4 nitrogen and oxygen atoms in total. The van der Waals surface area contributed by atoms with E-state index >= 15 is 0 Å². The lowest BCUT2D eigenvalue weighted by Crippen LogP contribution is -2.35. The van der Waals surface area contributed by atoms with Crippen LogP contribution in [0.15, 0.2) is 54.9 Å². The molecule has 1 aromatic carbocycles. The van der Waals surface area contributed by atoms with Gasteiger partial charge < -0.3 is 10.0 Å². The first-order valence-electron chi connectivity index (χ1n) is 7.35. The minimum absolute atomic E-state index is 0.0446. The van der Waals surface area contributed by atoms with Crippen LogP contribution in [-0.4, -0.2) is 27.9 Å². The van der Waals surface area contributed by atoms with Crippen molar-refractivity contribution in [3.8, 4) is 0 Å². The molecule has 1 amide bonds. The van der Waals surface area contributed by atoms with Gasteiger partial charge in [-0.05, 0) is 37.1 Å². The molecular weight excluding hydrogens is 276 g/mol. The normalized spacial score (nSPS) is 14.9. The third kappa shape index (κ3) is 3.71. The summed E-state index contributed by atoms with van der Waals surface area (Å²) in [5, 5.41) is 10.6. The van der Waals surface area contributed by atoms with Crippen molar-refractivity contribution >= 4 is 5.91 Å². The van der Waals surface area contributed by atoms with Crippen molar-refractivity contribution < 1.29 is 9.90 Å². The Kier molecular flexibility index (Phi) is 4.93.